The van der Waals surface area contributed by atoms with Crippen LogP contribution in [0.15, 0.2) is 82.7 Å². The average molecular weight is 551 g/mol. The molecule has 0 bridgehead atoms. The number of amides is 1. The average Bonchev–Trinajstić information content (AvgIpc) is 3.30. The lowest BCUT2D eigenvalue weighted by atomic mass is 10.1. The van der Waals surface area contributed by atoms with Crippen molar-refractivity contribution in [3.63, 3.8) is 0 Å². The number of hydrogen-bond donors (Lipinski definition) is 2. The predicted octanol–water partition coefficient (Wildman–Crippen LogP) is 6.96. The molecule has 2 N–H and O–H groups in total. The van der Waals surface area contributed by atoms with E-state index in [0.717, 1.165) is 47.7 Å². The molecular formula is C29H25F3N4O2S. The number of aromatic amines is 1. The Morgan fingerprint density at radius 3 is 2.56 bits per heavy atom. The molecule has 0 radical (unpaired) electrons. The number of thioether (sulfide) groups is 1. The summed E-state index contributed by atoms with van der Waals surface area (Å²) in [5.74, 6) is -0.429. The Bertz CT molecular complexity index is 1710. The highest BCUT2D eigenvalue weighted by molar-refractivity contribution is 7.99. The van der Waals surface area contributed by atoms with Crippen LogP contribution >= 0.6 is 11.8 Å². The normalized spacial score (nSPS) is 11.8. The van der Waals surface area contributed by atoms with Gasteiger partial charge in [0.05, 0.1) is 17.0 Å². The van der Waals surface area contributed by atoms with Crippen LogP contribution in [-0.4, -0.2) is 26.2 Å². The summed E-state index contributed by atoms with van der Waals surface area (Å²) >= 11 is 0.982. The number of para-hydroxylation sites is 1. The van der Waals surface area contributed by atoms with E-state index in [4.69, 9.17) is 0 Å². The number of anilines is 1. The summed E-state index contributed by atoms with van der Waals surface area (Å²) in [6, 6.07) is 19.3. The Morgan fingerprint density at radius 2 is 1.82 bits per heavy atom. The molecule has 0 aliphatic heterocycles. The van der Waals surface area contributed by atoms with Crippen LogP contribution in [0.3, 0.4) is 0 Å². The van der Waals surface area contributed by atoms with Crippen molar-refractivity contribution in [3.8, 4) is 5.69 Å². The van der Waals surface area contributed by atoms with Gasteiger partial charge in [-0.25, -0.2) is 4.98 Å². The Labute approximate surface area is 226 Å². The van der Waals surface area contributed by atoms with E-state index in [1.807, 2.05) is 30.3 Å². The van der Waals surface area contributed by atoms with Crippen molar-refractivity contribution in [1.82, 2.24) is 14.5 Å². The second-order valence-electron chi connectivity index (χ2n) is 9.11. The molecule has 10 heteroatoms. The molecule has 0 aliphatic carbocycles. The lowest BCUT2D eigenvalue weighted by Gasteiger charge is -2.14. The van der Waals surface area contributed by atoms with Crippen LogP contribution in [0.25, 0.3) is 27.6 Å². The quantitative estimate of drug-likeness (QED) is 0.162. The Balaban J connectivity index is 1.49. The number of aromatic nitrogens is 3. The van der Waals surface area contributed by atoms with E-state index in [2.05, 4.69) is 22.2 Å². The molecule has 0 unspecified atom stereocenters. The van der Waals surface area contributed by atoms with Gasteiger partial charge in [0.15, 0.2) is 5.16 Å². The Morgan fingerprint density at radius 1 is 1.05 bits per heavy atom. The van der Waals surface area contributed by atoms with Crippen molar-refractivity contribution >= 4 is 45.3 Å². The second kappa shape index (κ2) is 11.0. The molecule has 0 spiro atoms. The second-order valence-corrected chi connectivity index (χ2v) is 10.1. The number of carbonyl (C=O) groups excluding carboxylic acids is 1. The van der Waals surface area contributed by atoms with Crippen molar-refractivity contribution in [2.45, 2.75) is 37.5 Å². The maximum absolute atomic E-state index is 13.6. The van der Waals surface area contributed by atoms with E-state index in [1.165, 1.54) is 17.7 Å². The van der Waals surface area contributed by atoms with Gasteiger partial charge >= 0.3 is 6.18 Å². The summed E-state index contributed by atoms with van der Waals surface area (Å²) in [7, 11) is 0. The van der Waals surface area contributed by atoms with Gasteiger partial charge in [-0.05, 0) is 54.8 Å². The number of hydrogen-bond acceptors (Lipinski definition) is 4. The molecular weight excluding hydrogens is 525 g/mol. The molecule has 5 aromatic rings. The van der Waals surface area contributed by atoms with Gasteiger partial charge in [0.25, 0.3) is 5.56 Å². The van der Waals surface area contributed by atoms with Crippen LogP contribution in [-0.2, 0) is 17.4 Å². The van der Waals surface area contributed by atoms with Crippen LogP contribution in [0.5, 0.6) is 0 Å². The third kappa shape index (κ3) is 5.70. The van der Waals surface area contributed by atoms with Gasteiger partial charge in [-0.15, -0.1) is 0 Å². The standard InChI is InChI=1S/C29H25F3N4O2S/c1-2-3-7-18-12-14-20(15-13-18)33-24(37)17-39-28-35-25-22-10-4-5-11-23(22)34-26(25)27(38)36(28)21-9-6-8-19(16-21)29(30,31)32/h4-6,8-16,34H,2-3,7,17H2,1H3,(H,33,37). The van der Waals surface area contributed by atoms with Crippen molar-refractivity contribution in [3.05, 3.63) is 94.3 Å². The molecule has 5 rings (SSSR count). The zero-order valence-electron chi connectivity index (χ0n) is 21.0. The summed E-state index contributed by atoms with van der Waals surface area (Å²) in [6.07, 6.45) is -1.43. The van der Waals surface area contributed by atoms with Crippen molar-refractivity contribution < 1.29 is 18.0 Å². The highest BCUT2D eigenvalue weighted by Crippen LogP contribution is 2.32. The lowest BCUT2D eigenvalue weighted by molar-refractivity contribution is -0.137. The highest BCUT2D eigenvalue weighted by Gasteiger charge is 2.31. The molecule has 200 valence electrons. The number of fused-ring (bicyclic) bond motifs is 3. The van der Waals surface area contributed by atoms with Gasteiger partial charge in [0.1, 0.15) is 11.0 Å². The zero-order valence-corrected chi connectivity index (χ0v) is 21.8. The molecule has 0 aliphatic rings. The molecule has 2 heterocycles. The predicted molar refractivity (Wildman–Crippen MR) is 149 cm³/mol. The molecule has 1 amide bonds. The van der Waals surface area contributed by atoms with Crippen LogP contribution in [0.4, 0.5) is 18.9 Å². The summed E-state index contributed by atoms with van der Waals surface area (Å²) < 4.78 is 41.5. The largest absolute Gasteiger partial charge is 0.416 e. The summed E-state index contributed by atoms with van der Waals surface area (Å²) in [4.78, 5) is 34.1. The first-order valence-electron chi connectivity index (χ1n) is 12.5. The number of halogens is 3. The van der Waals surface area contributed by atoms with Gasteiger partial charge < -0.3 is 10.3 Å². The summed E-state index contributed by atoms with van der Waals surface area (Å²) in [5, 5.41) is 3.65. The van der Waals surface area contributed by atoms with E-state index in [-0.39, 0.29) is 28.0 Å². The third-order valence-electron chi connectivity index (χ3n) is 6.32. The Hall–Kier alpha value is -4.05. The van der Waals surface area contributed by atoms with Gasteiger partial charge in [-0.2, -0.15) is 13.2 Å². The summed E-state index contributed by atoms with van der Waals surface area (Å²) in [6.45, 7) is 2.13. The Kier molecular flexibility index (Phi) is 7.47. The molecule has 2 aromatic heterocycles. The van der Waals surface area contributed by atoms with Crippen molar-refractivity contribution in [1.29, 1.82) is 0 Å². The number of carbonyl (C=O) groups is 1. The fourth-order valence-electron chi connectivity index (χ4n) is 4.35. The van der Waals surface area contributed by atoms with E-state index in [1.54, 1.807) is 18.2 Å². The fraction of sp³-hybridized carbons (Fsp3) is 0.207. The van der Waals surface area contributed by atoms with Gasteiger partial charge in [-0.1, -0.05) is 61.5 Å². The number of unbranched alkanes of at least 4 members (excludes halogenated alkanes) is 1. The smallest absolute Gasteiger partial charge is 0.349 e. The molecule has 0 saturated carbocycles. The lowest BCUT2D eigenvalue weighted by Crippen LogP contribution is -2.23. The van der Waals surface area contributed by atoms with E-state index < -0.39 is 17.3 Å². The zero-order chi connectivity index (χ0) is 27.6. The number of rotatable bonds is 8. The fourth-order valence-corrected chi connectivity index (χ4v) is 5.16. The number of H-pyrrole nitrogens is 1. The van der Waals surface area contributed by atoms with Gasteiger partial charge in [0.2, 0.25) is 5.91 Å². The number of nitrogens with one attached hydrogen (secondary N) is 2. The minimum atomic E-state index is -4.59. The van der Waals surface area contributed by atoms with Crippen LogP contribution in [0.2, 0.25) is 0 Å². The SMILES string of the molecule is CCCCc1ccc(NC(=O)CSc2nc3c([nH]c4ccccc43)c(=O)n2-c2cccc(C(F)(F)F)c2)cc1. The van der Waals surface area contributed by atoms with Gasteiger partial charge in [0, 0.05) is 16.6 Å². The van der Waals surface area contributed by atoms with Crippen LogP contribution in [0.1, 0.15) is 30.9 Å². The van der Waals surface area contributed by atoms with E-state index >= 15 is 0 Å². The first kappa shape index (κ1) is 26.6. The first-order chi connectivity index (χ1) is 18.7. The van der Waals surface area contributed by atoms with Crippen LogP contribution in [0, 0.1) is 0 Å². The summed E-state index contributed by atoms with van der Waals surface area (Å²) in [5.41, 5.74) is 1.63. The molecule has 6 nitrogen and oxygen atoms in total. The highest BCUT2D eigenvalue weighted by atomic mass is 32.2. The van der Waals surface area contributed by atoms with Crippen LogP contribution < -0.4 is 10.9 Å². The topological polar surface area (TPSA) is 79.8 Å². The number of nitrogens with zero attached hydrogens (tertiary/aromatic N) is 2. The molecule has 39 heavy (non-hydrogen) atoms. The number of aryl methyl sites for hydroxylation is 1. The molecule has 0 saturated heterocycles. The molecule has 0 atom stereocenters. The molecule has 3 aromatic carbocycles. The van der Waals surface area contributed by atoms with Gasteiger partial charge in [-0.3, -0.25) is 14.2 Å². The van der Waals surface area contributed by atoms with Crippen molar-refractivity contribution in [2.75, 3.05) is 11.1 Å². The van der Waals surface area contributed by atoms with E-state index in [0.29, 0.717) is 22.1 Å². The first-order valence-corrected chi connectivity index (χ1v) is 13.5. The number of alkyl halides is 3. The third-order valence-corrected chi connectivity index (χ3v) is 7.25. The number of benzene rings is 3. The maximum Gasteiger partial charge on any atom is 0.416 e. The molecule has 0 fully saturated rings. The minimum absolute atomic E-state index is 0.00783. The van der Waals surface area contributed by atoms with E-state index in [9.17, 15) is 22.8 Å². The minimum Gasteiger partial charge on any atom is -0.349 e. The van der Waals surface area contributed by atoms with Crippen molar-refractivity contribution in [2.24, 2.45) is 0 Å². The monoisotopic (exact) mass is 550 g/mol. The maximum atomic E-state index is 13.6.